The zero-order chi connectivity index (χ0) is 45.8. The molecule has 2 aliphatic rings. The number of thiazole rings is 2. The van der Waals surface area contributed by atoms with E-state index >= 15 is 0 Å². The lowest BCUT2D eigenvalue weighted by Gasteiger charge is -2.19. The van der Waals surface area contributed by atoms with Crippen LogP contribution in [0.15, 0.2) is 174 Å². The first kappa shape index (κ1) is 43.5. The van der Waals surface area contributed by atoms with Gasteiger partial charge in [0, 0.05) is 46.3 Å². The molecule has 0 atom stereocenters. The van der Waals surface area contributed by atoms with Crippen molar-refractivity contribution < 1.29 is 28.2 Å². The zero-order valence-electron chi connectivity index (χ0n) is 37.5. The molecule has 0 fully saturated rings. The molecule has 10 aromatic rings. The highest BCUT2D eigenvalue weighted by molar-refractivity contribution is 8.04. The van der Waals surface area contributed by atoms with Crippen LogP contribution in [0.4, 0.5) is 11.4 Å². The van der Waals surface area contributed by atoms with E-state index in [-0.39, 0.29) is 13.2 Å². The standard InChI is InChI=1S/C29H25N2S2.C26H23N2O4S2/c1-4-19(17-26-30(2)28-22-11-7-5-9-20(22)13-15-24(28)32-26)18-27-31(3)29-23-12-8-6-10-21(23)14-16-25(29)33-27;1-16(14-22-27(8-10-29)24-18-7-13-31-19(18)3-5-20(24)33-22)15-23-28(9-11-30)25-21(34-23)4-2-17-6-12-32-26(17)25/h5-18H,4H2,1-3H3;2-7,12-15,29-30H,8-11H2,1H3/q2*+1. The maximum absolute atomic E-state index is 9.76. The Bertz CT molecular complexity index is 3680. The molecule has 0 saturated carbocycles. The van der Waals surface area contributed by atoms with Gasteiger partial charge in [-0.05, 0) is 102 Å². The average molecular weight is 957 g/mol. The molecule has 12 rings (SSSR count). The minimum Gasteiger partial charge on any atom is -0.464 e. The molecule has 0 unspecified atom stereocenters. The summed E-state index contributed by atoms with van der Waals surface area (Å²) >= 11 is 7.12. The number of fused-ring (bicyclic) bond motifs is 12. The number of rotatable bonds is 9. The van der Waals surface area contributed by atoms with Gasteiger partial charge in [0.2, 0.25) is 11.0 Å². The average Bonchev–Trinajstić information content (AvgIpc) is 4.22. The molecule has 0 amide bonds. The Morgan fingerprint density at radius 1 is 0.657 bits per heavy atom. The van der Waals surface area contributed by atoms with Crippen LogP contribution in [0.2, 0.25) is 0 Å². The number of aromatic nitrogens is 2. The predicted octanol–water partition coefficient (Wildman–Crippen LogP) is 13.4. The quantitative estimate of drug-likeness (QED) is 0.139. The van der Waals surface area contributed by atoms with Crippen molar-refractivity contribution in [1.29, 1.82) is 0 Å². The van der Waals surface area contributed by atoms with Gasteiger partial charge in [0.15, 0.2) is 12.1 Å². The van der Waals surface area contributed by atoms with Crippen LogP contribution >= 0.6 is 46.2 Å². The summed E-state index contributed by atoms with van der Waals surface area (Å²) in [4.78, 5) is 6.93. The number of thioether (sulfide) groups is 2. The number of hydrogen-bond donors (Lipinski definition) is 2. The van der Waals surface area contributed by atoms with Crippen LogP contribution in [0.3, 0.4) is 0 Å². The van der Waals surface area contributed by atoms with E-state index in [1.807, 2.05) is 41.3 Å². The fraction of sp³-hybridized carbons (Fsp3) is 0.164. The summed E-state index contributed by atoms with van der Waals surface area (Å²) < 4.78 is 18.4. The number of hydrogen-bond acceptors (Lipinski definition) is 10. The Hall–Kier alpha value is -6.12. The van der Waals surface area contributed by atoms with Gasteiger partial charge in [0.1, 0.15) is 28.6 Å². The van der Waals surface area contributed by atoms with E-state index in [2.05, 4.69) is 162 Å². The van der Waals surface area contributed by atoms with E-state index in [0.29, 0.717) is 13.1 Å². The first-order chi connectivity index (χ1) is 32.8. The molecule has 6 aromatic carbocycles. The van der Waals surface area contributed by atoms with Gasteiger partial charge < -0.3 is 28.8 Å². The summed E-state index contributed by atoms with van der Waals surface area (Å²) in [5.74, 6) is 0. The summed E-state index contributed by atoms with van der Waals surface area (Å²) in [6.45, 7) is 5.42. The van der Waals surface area contributed by atoms with Crippen LogP contribution in [0.5, 0.6) is 0 Å². The molecule has 0 saturated heterocycles. The van der Waals surface area contributed by atoms with Gasteiger partial charge in [-0.15, -0.1) is 0 Å². The van der Waals surface area contributed by atoms with E-state index < -0.39 is 0 Å². The zero-order valence-corrected chi connectivity index (χ0v) is 40.8. The van der Waals surface area contributed by atoms with Gasteiger partial charge in [0.05, 0.1) is 51.3 Å². The van der Waals surface area contributed by atoms with Crippen LogP contribution in [0, 0.1) is 0 Å². The maximum atomic E-state index is 9.76. The lowest BCUT2D eigenvalue weighted by atomic mass is 10.1. The summed E-state index contributed by atoms with van der Waals surface area (Å²) in [6, 6.07) is 38.5. The second kappa shape index (κ2) is 18.2. The highest BCUT2D eigenvalue weighted by Crippen LogP contribution is 2.51. The smallest absolute Gasteiger partial charge is 0.263 e. The van der Waals surface area contributed by atoms with Crippen LogP contribution in [-0.2, 0) is 13.6 Å². The van der Waals surface area contributed by atoms with Gasteiger partial charge in [-0.3, -0.25) is 0 Å². The topological polar surface area (TPSA) is 81.0 Å². The summed E-state index contributed by atoms with van der Waals surface area (Å²) in [5, 5.41) is 31.5. The molecule has 6 heterocycles. The molecule has 8 nitrogen and oxygen atoms in total. The number of furan rings is 2. The number of nitrogens with zero attached hydrogens (tertiary/aromatic N) is 4. The lowest BCUT2D eigenvalue weighted by Crippen LogP contribution is -2.37. The number of allylic oxidation sites excluding steroid dienone is 4. The first-order valence-electron chi connectivity index (χ1n) is 22.4. The van der Waals surface area contributed by atoms with Gasteiger partial charge in [-0.2, -0.15) is 9.13 Å². The Morgan fingerprint density at radius 3 is 2.15 bits per heavy atom. The van der Waals surface area contributed by atoms with Crippen molar-refractivity contribution in [3.63, 3.8) is 0 Å². The monoisotopic (exact) mass is 956 g/mol. The molecule has 334 valence electrons. The molecular formula is C55H48N4O4S4+2. The minimum absolute atomic E-state index is 0.0463. The summed E-state index contributed by atoms with van der Waals surface area (Å²) in [6.07, 6.45) is 13.4. The van der Waals surface area contributed by atoms with Crippen molar-refractivity contribution in [2.75, 3.05) is 36.6 Å². The fourth-order valence-electron chi connectivity index (χ4n) is 9.28. The van der Waals surface area contributed by atoms with Gasteiger partial charge >= 0.3 is 0 Å². The number of β-amino-alcohol motifs (C(OH)–C–C–N with tert-alkyl or cyclic N) is 1. The second-order valence-electron chi connectivity index (χ2n) is 16.6. The van der Waals surface area contributed by atoms with E-state index in [9.17, 15) is 10.2 Å². The molecule has 0 bridgehead atoms. The fourth-order valence-corrected chi connectivity index (χ4v) is 14.0. The van der Waals surface area contributed by atoms with Crippen LogP contribution in [-0.4, -0.2) is 37.0 Å². The van der Waals surface area contributed by atoms with Crippen molar-refractivity contribution in [2.45, 2.75) is 36.6 Å². The Morgan fingerprint density at radius 2 is 1.34 bits per heavy atom. The van der Waals surface area contributed by atoms with E-state index in [1.165, 1.54) is 58.0 Å². The largest absolute Gasteiger partial charge is 0.464 e. The number of aliphatic hydroxyl groups excluding tert-OH is 2. The third kappa shape index (κ3) is 7.85. The third-order valence-electron chi connectivity index (χ3n) is 12.5. The molecule has 0 aliphatic carbocycles. The first-order valence-corrected chi connectivity index (χ1v) is 25.6. The summed E-state index contributed by atoms with van der Waals surface area (Å²) in [5.41, 5.74) is 8.84. The molecule has 0 radical (unpaired) electrons. The maximum Gasteiger partial charge on any atom is 0.263 e. The van der Waals surface area contributed by atoms with Gasteiger partial charge in [-0.1, -0.05) is 108 Å². The molecule has 4 aromatic heterocycles. The van der Waals surface area contributed by atoms with Crippen molar-refractivity contribution in [3.8, 4) is 0 Å². The Kier molecular flexibility index (Phi) is 11.8. The number of aliphatic hydroxyl groups is 2. The minimum atomic E-state index is 0.0463. The van der Waals surface area contributed by atoms with E-state index in [0.717, 1.165) is 64.8 Å². The third-order valence-corrected chi connectivity index (χ3v) is 17.0. The van der Waals surface area contributed by atoms with E-state index in [4.69, 9.17) is 8.83 Å². The molecule has 2 aliphatic heterocycles. The van der Waals surface area contributed by atoms with Crippen LogP contribution in [0.1, 0.15) is 30.3 Å². The molecule has 12 heteroatoms. The van der Waals surface area contributed by atoms with Crippen molar-refractivity contribution in [1.82, 2.24) is 0 Å². The highest BCUT2D eigenvalue weighted by atomic mass is 32.2. The second-order valence-corrected chi connectivity index (χ2v) is 20.9. The normalized spacial score (nSPS) is 15.4. The highest BCUT2D eigenvalue weighted by Gasteiger charge is 2.30. The Labute approximate surface area is 404 Å². The number of aryl methyl sites for hydroxylation is 1. The number of anilines is 2. The van der Waals surface area contributed by atoms with Gasteiger partial charge in [-0.25, -0.2) is 0 Å². The Balaban J connectivity index is 0.000000148. The van der Waals surface area contributed by atoms with Crippen molar-refractivity contribution in [2.24, 2.45) is 7.05 Å². The number of benzene rings is 6. The SMILES string of the molecule is CC(=Cc1sc2ccc3occc3c2[n+]1CCO)C=C1Sc2ccc3ccoc3c2N1CCO.CCC(=Cc1sc2ccc3ccccc3c2[n+]1C)C=C1Sc2ccc3ccccc3c2N1C. The van der Waals surface area contributed by atoms with Crippen molar-refractivity contribution >= 4 is 134 Å². The predicted molar refractivity (Wildman–Crippen MR) is 282 cm³/mol. The molecular weight excluding hydrogens is 909 g/mol. The summed E-state index contributed by atoms with van der Waals surface area (Å²) in [7, 11) is 4.38. The molecule has 0 spiro atoms. The van der Waals surface area contributed by atoms with Crippen LogP contribution < -0.4 is 18.9 Å². The van der Waals surface area contributed by atoms with Gasteiger partial charge in [0.25, 0.3) is 10.0 Å². The molecule has 2 N–H and O–H groups in total. The molecule has 67 heavy (non-hydrogen) atoms. The lowest BCUT2D eigenvalue weighted by molar-refractivity contribution is -0.669. The van der Waals surface area contributed by atoms with Crippen molar-refractivity contribution in [3.05, 3.63) is 165 Å². The van der Waals surface area contributed by atoms with Crippen LogP contribution in [0.25, 0.3) is 76.1 Å². The van der Waals surface area contributed by atoms with E-state index in [1.54, 1.807) is 35.6 Å².